The molecule has 0 aromatic carbocycles. The highest BCUT2D eigenvalue weighted by atomic mass is 32.2. The second kappa shape index (κ2) is 5.59. The Morgan fingerprint density at radius 2 is 2.30 bits per heavy atom. The van der Waals surface area contributed by atoms with Crippen LogP contribution in [0.25, 0.3) is 0 Å². The largest absolute Gasteiger partial charge is 0.313 e. The number of hydrogen-bond donors (Lipinski definition) is 1. The Kier molecular flexibility index (Phi) is 5.49. The molecule has 0 radical (unpaired) electrons. The van der Waals surface area contributed by atoms with Gasteiger partial charge < -0.3 is 5.41 Å². The van der Waals surface area contributed by atoms with Crippen molar-refractivity contribution in [1.29, 1.82) is 5.41 Å². The van der Waals surface area contributed by atoms with E-state index in [0.29, 0.717) is 6.42 Å². The average molecular weight is 161 g/mol. The lowest BCUT2D eigenvalue weighted by atomic mass is 10.4. The van der Waals surface area contributed by atoms with Crippen molar-refractivity contribution in [2.45, 2.75) is 31.9 Å². The van der Waals surface area contributed by atoms with Gasteiger partial charge >= 0.3 is 0 Å². The van der Waals surface area contributed by atoms with E-state index in [9.17, 15) is 4.21 Å². The van der Waals surface area contributed by atoms with E-state index in [1.54, 1.807) is 0 Å². The number of nitrogens with one attached hydrogen (secondary N) is 1. The number of rotatable bonds is 5. The zero-order chi connectivity index (χ0) is 7.98. The van der Waals surface area contributed by atoms with E-state index in [1.807, 2.05) is 13.8 Å². The maximum Gasteiger partial charge on any atom is 0.0368 e. The van der Waals surface area contributed by atoms with E-state index in [2.05, 4.69) is 0 Å². The Balaban J connectivity index is 3.58. The average Bonchev–Trinajstić information content (AvgIpc) is 1.89. The minimum atomic E-state index is -0.716. The van der Waals surface area contributed by atoms with Crippen molar-refractivity contribution in [3.63, 3.8) is 0 Å². The van der Waals surface area contributed by atoms with Gasteiger partial charge in [0, 0.05) is 21.8 Å². The van der Waals surface area contributed by atoms with Gasteiger partial charge in [-0.05, 0) is 19.1 Å². The quantitative estimate of drug-likeness (QED) is 0.611. The third-order valence-corrected chi connectivity index (χ3v) is 3.20. The van der Waals surface area contributed by atoms with Crippen molar-refractivity contribution in [1.82, 2.24) is 0 Å². The second-order valence-electron chi connectivity index (χ2n) is 2.34. The third kappa shape index (κ3) is 3.77. The van der Waals surface area contributed by atoms with Gasteiger partial charge in [-0.2, -0.15) is 0 Å². The topological polar surface area (TPSA) is 40.9 Å². The van der Waals surface area contributed by atoms with E-state index in [0.717, 1.165) is 12.2 Å². The molecule has 3 heteroatoms. The molecule has 0 saturated heterocycles. The molecule has 2 atom stereocenters. The highest BCUT2D eigenvalue weighted by Gasteiger charge is 2.06. The molecule has 0 aromatic heterocycles. The van der Waals surface area contributed by atoms with Crippen molar-refractivity contribution in [3.8, 4) is 0 Å². The fraction of sp³-hybridized carbons (Fsp3) is 0.857. The summed E-state index contributed by atoms with van der Waals surface area (Å²) in [6.45, 7) is 3.95. The van der Waals surface area contributed by atoms with Crippen LogP contribution in [-0.2, 0) is 10.8 Å². The molecule has 0 fully saturated rings. The second-order valence-corrected chi connectivity index (χ2v) is 4.31. The van der Waals surface area contributed by atoms with Gasteiger partial charge in [0.05, 0.1) is 0 Å². The normalized spacial score (nSPS) is 16.2. The van der Waals surface area contributed by atoms with Gasteiger partial charge in [-0.15, -0.1) is 0 Å². The van der Waals surface area contributed by atoms with Crippen molar-refractivity contribution < 1.29 is 4.21 Å². The summed E-state index contributed by atoms with van der Waals surface area (Å²) in [5, 5.41) is 6.96. The Morgan fingerprint density at radius 3 is 2.70 bits per heavy atom. The van der Waals surface area contributed by atoms with Crippen LogP contribution >= 0.6 is 0 Å². The molecule has 2 unspecified atom stereocenters. The third-order valence-electron chi connectivity index (χ3n) is 1.30. The van der Waals surface area contributed by atoms with Gasteiger partial charge in [-0.25, -0.2) is 0 Å². The van der Waals surface area contributed by atoms with Gasteiger partial charge in [0.2, 0.25) is 0 Å². The first kappa shape index (κ1) is 9.82. The fourth-order valence-corrected chi connectivity index (χ4v) is 1.79. The Bertz CT molecular complexity index is 125. The molecule has 0 rings (SSSR count). The Hall–Kier alpha value is -0.180. The molecule has 0 amide bonds. The minimum absolute atomic E-state index is 0.164. The van der Waals surface area contributed by atoms with Crippen LogP contribution in [0.2, 0.25) is 0 Å². The molecule has 60 valence electrons. The van der Waals surface area contributed by atoms with E-state index < -0.39 is 10.8 Å². The molecular weight excluding hydrogens is 146 g/mol. The van der Waals surface area contributed by atoms with Crippen molar-refractivity contribution in [2.75, 3.05) is 5.75 Å². The molecule has 0 aliphatic carbocycles. The lowest BCUT2D eigenvalue weighted by molar-refractivity contribution is 0.673. The summed E-state index contributed by atoms with van der Waals surface area (Å²) in [6, 6.07) is 0. The van der Waals surface area contributed by atoms with Crippen LogP contribution in [0.4, 0.5) is 0 Å². The van der Waals surface area contributed by atoms with E-state index in [-0.39, 0.29) is 5.25 Å². The zero-order valence-electron chi connectivity index (χ0n) is 6.59. The van der Waals surface area contributed by atoms with Crippen LogP contribution in [0, 0.1) is 5.41 Å². The molecule has 0 aliphatic heterocycles. The summed E-state index contributed by atoms with van der Waals surface area (Å²) in [5.41, 5.74) is 0. The molecule has 0 aromatic rings. The molecule has 0 aliphatic rings. The number of hydrogen-bond acceptors (Lipinski definition) is 2. The standard InChI is InChI=1S/C7H15NOS/c1-3-6-10(9)7(2)4-5-8/h5,7-8H,3-4,6H2,1-2H3. The highest BCUT2D eigenvalue weighted by molar-refractivity contribution is 7.85. The predicted molar refractivity (Wildman–Crippen MR) is 46.2 cm³/mol. The molecule has 0 spiro atoms. The van der Waals surface area contributed by atoms with Gasteiger partial charge in [0.25, 0.3) is 0 Å². The van der Waals surface area contributed by atoms with Crippen LogP contribution in [0.3, 0.4) is 0 Å². The molecule has 10 heavy (non-hydrogen) atoms. The molecule has 2 nitrogen and oxygen atoms in total. The lowest BCUT2D eigenvalue weighted by Gasteiger charge is -2.05. The smallest absolute Gasteiger partial charge is 0.0368 e. The fourth-order valence-electron chi connectivity index (χ4n) is 0.676. The predicted octanol–water partition coefficient (Wildman–Crippen LogP) is 1.57. The van der Waals surface area contributed by atoms with Gasteiger partial charge in [-0.3, -0.25) is 4.21 Å². The first-order valence-corrected chi connectivity index (χ1v) is 4.96. The molecule has 0 heterocycles. The monoisotopic (exact) mass is 161 g/mol. The summed E-state index contributed by atoms with van der Waals surface area (Å²) in [7, 11) is -0.716. The van der Waals surface area contributed by atoms with Crippen LogP contribution in [-0.4, -0.2) is 21.4 Å². The van der Waals surface area contributed by atoms with Gasteiger partial charge in [0.15, 0.2) is 0 Å². The van der Waals surface area contributed by atoms with Gasteiger partial charge in [-0.1, -0.05) is 13.8 Å². The van der Waals surface area contributed by atoms with E-state index in [1.165, 1.54) is 6.21 Å². The molecule has 1 N–H and O–H groups in total. The molecular formula is C7H15NOS. The maximum absolute atomic E-state index is 11.1. The van der Waals surface area contributed by atoms with Gasteiger partial charge in [0.1, 0.15) is 0 Å². The zero-order valence-corrected chi connectivity index (χ0v) is 7.41. The minimum Gasteiger partial charge on any atom is -0.313 e. The highest BCUT2D eigenvalue weighted by Crippen LogP contribution is 2.00. The first-order chi connectivity index (χ1) is 4.72. The van der Waals surface area contributed by atoms with Crippen LogP contribution < -0.4 is 0 Å². The lowest BCUT2D eigenvalue weighted by Crippen LogP contribution is -2.13. The van der Waals surface area contributed by atoms with E-state index in [4.69, 9.17) is 5.41 Å². The Morgan fingerprint density at radius 1 is 1.70 bits per heavy atom. The first-order valence-electron chi connectivity index (χ1n) is 3.58. The summed E-state index contributed by atoms with van der Waals surface area (Å²) >= 11 is 0. The SMILES string of the molecule is CCCS(=O)C(C)CC=N. The van der Waals surface area contributed by atoms with Crippen LogP contribution in [0.1, 0.15) is 26.7 Å². The van der Waals surface area contributed by atoms with Crippen molar-refractivity contribution >= 4 is 17.0 Å². The summed E-state index contributed by atoms with van der Waals surface area (Å²) in [5.74, 6) is 0.773. The molecule has 0 bridgehead atoms. The van der Waals surface area contributed by atoms with Crippen LogP contribution in [0.5, 0.6) is 0 Å². The summed E-state index contributed by atoms with van der Waals surface area (Å²) in [6.07, 6.45) is 2.94. The maximum atomic E-state index is 11.1. The van der Waals surface area contributed by atoms with Crippen molar-refractivity contribution in [2.24, 2.45) is 0 Å². The van der Waals surface area contributed by atoms with Crippen LogP contribution in [0.15, 0.2) is 0 Å². The van der Waals surface area contributed by atoms with E-state index >= 15 is 0 Å². The summed E-state index contributed by atoms with van der Waals surface area (Å²) < 4.78 is 11.1. The molecule has 0 saturated carbocycles. The summed E-state index contributed by atoms with van der Waals surface area (Å²) in [4.78, 5) is 0. The Labute approximate surface area is 65.0 Å². The van der Waals surface area contributed by atoms with Crippen molar-refractivity contribution in [3.05, 3.63) is 0 Å².